The average Bonchev–Trinajstić information content (AvgIpc) is 3.38. The van der Waals surface area contributed by atoms with E-state index in [4.69, 9.17) is 0 Å². The number of H-pyrrole nitrogens is 2. The maximum Gasteiger partial charge on any atom is 0.325 e. The highest BCUT2D eigenvalue weighted by molar-refractivity contribution is 5.79. The number of nitrogens with one attached hydrogen (secondary N) is 2. The number of aromatic amines is 2. The molecule has 172 valence electrons. The molecule has 34 heavy (non-hydrogen) atoms. The van der Waals surface area contributed by atoms with E-state index in [2.05, 4.69) is 25.1 Å². The van der Waals surface area contributed by atoms with E-state index in [1.165, 1.54) is 10.9 Å². The molecule has 9 nitrogen and oxygen atoms in total. The summed E-state index contributed by atoms with van der Waals surface area (Å²) in [6, 6.07) is 7.31. The third-order valence-corrected chi connectivity index (χ3v) is 6.15. The van der Waals surface area contributed by atoms with Crippen molar-refractivity contribution in [3.8, 4) is 11.3 Å². The molecular formula is C22H16F3N7O2. The monoisotopic (exact) mass is 467 g/mol. The van der Waals surface area contributed by atoms with Gasteiger partial charge < -0.3 is 4.98 Å². The summed E-state index contributed by atoms with van der Waals surface area (Å²) in [5.41, 5.74) is 1.57. The Morgan fingerprint density at radius 2 is 2.00 bits per heavy atom. The van der Waals surface area contributed by atoms with Gasteiger partial charge in [0.05, 0.1) is 29.2 Å². The second-order valence-electron chi connectivity index (χ2n) is 8.27. The van der Waals surface area contributed by atoms with Gasteiger partial charge in [-0.25, -0.2) is 18.6 Å². The average molecular weight is 467 g/mol. The van der Waals surface area contributed by atoms with Gasteiger partial charge in [-0.3, -0.25) is 14.5 Å². The smallest absolute Gasteiger partial charge is 0.313 e. The Balaban J connectivity index is 1.42. The van der Waals surface area contributed by atoms with Crippen LogP contribution in [0.5, 0.6) is 0 Å². The molecule has 0 spiro atoms. The molecule has 0 amide bonds. The van der Waals surface area contributed by atoms with Crippen LogP contribution in [0.4, 0.5) is 13.2 Å². The van der Waals surface area contributed by atoms with Crippen molar-refractivity contribution < 1.29 is 13.2 Å². The zero-order chi connectivity index (χ0) is 23.6. The van der Waals surface area contributed by atoms with Crippen LogP contribution in [0.15, 0.2) is 52.4 Å². The molecule has 2 atom stereocenters. The third kappa shape index (κ3) is 3.29. The van der Waals surface area contributed by atoms with Crippen LogP contribution in [0.2, 0.25) is 0 Å². The molecule has 4 heterocycles. The van der Waals surface area contributed by atoms with Crippen molar-refractivity contribution in [3.05, 3.63) is 80.8 Å². The Kier molecular flexibility index (Phi) is 4.44. The van der Waals surface area contributed by atoms with E-state index in [9.17, 15) is 22.8 Å². The van der Waals surface area contributed by atoms with Gasteiger partial charge in [-0.15, -0.1) is 0 Å². The molecule has 1 saturated carbocycles. The molecule has 0 unspecified atom stereocenters. The first-order valence-electron chi connectivity index (χ1n) is 10.5. The number of fused-ring (bicyclic) bond motifs is 2. The van der Waals surface area contributed by atoms with Gasteiger partial charge in [-0.2, -0.15) is 19.1 Å². The van der Waals surface area contributed by atoms with Crippen molar-refractivity contribution >= 4 is 16.6 Å². The van der Waals surface area contributed by atoms with E-state index >= 15 is 0 Å². The number of benzene rings is 1. The number of hydrogen-bond donors (Lipinski definition) is 2. The molecule has 1 aliphatic rings. The Hall–Kier alpha value is -4.22. The van der Waals surface area contributed by atoms with Gasteiger partial charge in [0.1, 0.15) is 6.54 Å². The lowest BCUT2D eigenvalue weighted by atomic mass is 10.0. The van der Waals surface area contributed by atoms with Gasteiger partial charge in [0, 0.05) is 17.1 Å². The van der Waals surface area contributed by atoms with Crippen LogP contribution in [0.3, 0.4) is 0 Å². The summed E-state index contributed by atoms with van der Waals surface area (Å²) < 4.78 is 42.5. The standard InChI is InChI=1S/C22H16F3N7O2/c23-18(24)9-31-17-3-10(1-2-11(17)6-28-31)12-4-13(12)14-5-16(15-7-27-22(34)29-21(15)33)30-32-19(25)8-26-20(14)32/h1-3,5-8,12-13,18H,4,9H2,(H2,27,29,33,34)/t12-,13+/m1/s1. The van der Waals surface area contributed by atoms with Crippen LogP contribution >= 0.6 is 0 Å². The zero-order valence-electron chi connectivity index (χ0n) is 17.4. The molecule has 6 rings (SSSR count). The fourth-order valence-electron chi connectivity index (χ4n) is 4.47. The van der Waals surface area contributed by atoms with E-state index < -0.39 is 30.2 Å². The summed E-state index contributed by atoms with van der Waals surface area (Å²) in [6.45, 7) is -0.490. The first-order chi connectivity index (χ1) is 16.4. The molecule has 0 radical (unpaired) electrons. The van der Waals surface area contributed by atoms with Crippen molar-refractivity contribution in [2.45, 2.75) is 31.2 Å². The summed E-state index contributed by atoms with van der Waals surface area (Å²) >= 11 is 0. The van der Waals surface area contributed by atoms with Crippen LogP contribution in [-0.2, 0) is 6.54 Å². The van der Waals surface area contributed by atoms with Gasteiger partial charge in [0.25, 0.3) is 12.0 Å². The molecule has 4 aromatic heterocycles. The van der Waals surface area contributed by atoms with Gasteiger partial charge in [-0.1, -0.05) is 12.1 Å². The molecule has 0 bridgehead atoms. The van der Waals surface area contributed by atoms with Crippen molar-refractivity contribution in [1.82, 2.24) is 34.3 Å². The number of imidazole rings is 1. The van der Waals surface area contributed by atoms with Gasteiger partial charge in [-0.05, 0) is 36.0 Å². The van der Waals surface area contributed by atoms with Crippen LogP contribution in [0, 0.1) is 5.95 Å². The quantitative estimate of drug-likeness (QED) is 0.413. The highest BCUT2D eigenvalue weighted by Gasteiger charge is 2.42. The second kappa shape index (κ2) is 7.40. The number of nitrogens with zero attached hydrogens (tertiary/aromatic N) is 5. The normalized spacial score (nSPS) is 17.8. The Bertz CT molecular complexity index is 1680. The number of hydrogen-bond acceptors (Lipinski definition) is 5. The lowest BCUT2D eigenvalue weighted by molar-refractivity contribution is 0.123. The lowest BCUT2D eigenvalue weighted by Gasteiger charge is -2.08. The van der Waals surface area contributed by atoms with Gasteiger partial charge in [0.2, 0.25) is 5.95 Å². The largest absolute Gasteiger partial charge is 0.325 e. The first kappa shape index (κ1) is 20.4. The highest BCUT2D eigenvalue weighted by Crippen LogP contribution is 2.56. The molecule has 5 aromatic rings. The number of alkyl halides is 2. The minimum Gasteiger partial charge on any atom is -0.313 e. The van der Waals surface area contributed by atoms with Gasteiger partial charge in [0.15, 0.2) is 5.65 Å². The SMILES string of the molecule is O=c1[nH]cc(-c2cc([C@H]3C[C@@H]3c3ccc4cnn(CC(F)F)c4c3)c3ncc(F)n3n2)c(=O)[nH]1. The fourth-order valence-corrected chi connectivity index (χ4v) is 4.47. The first-order valence-corrected chi connectivity index (χ1v) is 10.5. The van der Waals surface area contributed by atoms with Crippen LogP contribution in [-0.4, -0.2) is 40.8 Å². The molecule has 0 aliphatic heterocycles. The van der Waals surface area contributed by atoms with E-state index in [1.54, 1.807) is 12.3 Å². The van der Waals surface area contributed by atoms with E-state index in [0.29, 0.717) is 16.7 Å². The third-order valence-electron chi connectivity index (χ3n) is 6.15. The summed E-state index contributed by atoms with van der Waals surface area (Å²) in [4.78, 5) is 32.4. The molecular weight excluding hydrogens is 451 g/mol. The topological polar surface area (TPSA) is 114 Å². The van der Waals surface area contributed by atoms with E-state index in [0.717, 1.165) is 28.1 Å². The summed E-state index contributed by atoms with van der Waals surface area (Å²) in [5.74, 6) is -0.683. The van der Waals surface area contributed by atoms with Crippen molar-refractivity contribution in [2.24, 2.45) is 0 Å². The Morgan fingerprint density at radius 1 is 1.15 bits per heavy atom. The molecule has 2 N–H and O–H groups in total. The van der Waals surface area contributed by atoms with Crippen molar-refractivity contribution in [3.63, 3.8) is 0 Å². The summed E-state index contributed by atoms with van der Waals surface area (Å²) in [5, 5.41) is 9.01. The summed E-state index contributed by atoms with van der Waals surface area (Å²) in [6.07, 6.45) is 2.05. The zero-order valence-corrected chi connectivity index (χ0v) is 17.4. The maximum absolute atomic E-state index is 14.4. The van der Waals surface area contributed by atoms with E-state index in [-0.39, 0.29) is 23.1 Å². The lowest BCUT2D eigenvalue weighted by Crippen LogP contribution is -2.23. The van der Waals surface area contributed by atoms with Crippen LogP contribution in [0.25, 0.3) is 27.8 Å². The predicted octanol–water partition coefficient (Wildman–Crippen LogP) is 2.80. The number of aromatic nitrogens is 7. The van der Waals surface area contributed by atoms with Crippen molar-refractivity contribution in [1.29, 1.82) is 0 Å². The minimum absolute atomic E-state index is 0.0446. The van der Waals surface area contributed by atoms with Crippen molar-refractivity contribution in [2.75, 3.05) is 0 Å². The highest BCUT2D eigenvalue weighted by atomic mass is 19.3. The second-order valence-corrected chi connectivity index (χ2v) is 8.27. The Labute approximate surface area is 187 Å². The summed E-state index contributed by atoms with van der Waals surface area (Å²) in [7, 11) is 0. The van der Waals surface area contributed by atoms with E-state index in [1.807, 2.05) is 18.2 Å². The molecule has 1 aromatic carbocycles. The Morgan fingerprint density at radius 3 is 2.79 bits per heavy atom. The molecule has 1 aliphatic carbocycles. The van der Waals surface area contributed by atoms with Gasteiger partial charge >= 0.3 is 5.69 Å². The maximum atomic E-state index is 14.4. The minimum atomic E-state index is -2.52. The van der Waals surface area contributed by atoms with Crippen LogP contribution < -0.4 is 11.2 Å². The van der Waals surface area contributed by atoms with Crippen LogP contribution in [0.1, 0.15) is 29.4 Å². The molecule has 12 heteroatoms. The number of rotatable bonds is 5. The fraction of sp³-hybridized carbons (Fsp3) is 0.227. The number of halogens is 3. The molecule has 0 saturated heterocycles. The molecule has 1 fully saturated rings. The predicted molar refractivity (Wildman–Crippen MR) is 115 cm³/mol.